The molecule has 0 bridgehead atoms. The van der Waals surface area contributed by atoms with Crippen LogP contribution in [0.15, 0.2) is 36.4 Å². The highest BCUT2D eigenvalue weighted by Gasteiger charge is 2.76. The van der Waals surface area contributed by atoms with Crippen molar-refractivity contribution in [3.63, 3.8) is 0 Å². The van der Waals surface area contributed by atoms with Crippen LogP contribution in [0.5, 0.6) is 0 Å². The van der Waals surface area contributed by atoms with Gasteiger partial charge in [-0.1, -0.05) is 68.2 Å². The molecule has 2 saturated heterocycles. The van der Waals surface area contributed by atoms with Crippen LogP contribution in [0.4, 0.5) is 14.5 Å². The smallest absolute Gasteiger partial charge is 0.310 e. The number of amides is 2. The number of carbonyl (C=O) groups is 3. The Labute approximate surface area is 234 Å². The Hall–Kier alpha value is -2.75. The molecule has 3 aliphatic heterocycles. The normalized spacial score (nSPS) is 27.4. The molecule has 0 radical (unpaired) electrons. The van der Waals surface area contributed by atoms with Crippen molar-refractivity contribution >= 4 is 46.7 Å². The molecule has 208 valence electrons. The molecule has 2 aromatic rings. The largest absolute Gasteiger partial charge is 0.481 e. The van der Waals surface area contributed by atoms with Gasteiger partial charge < -0.3 is 15.7 Å². The maximum absolute atomic E-state index is 15.4. The molecule has 4 atom stereocenters. The number of fused-ring (bicyclic) bond motifs is 4. The molecule has 2 aromatic carbocycles. The van der Waals surface area contributed by atoms with Crippen molar-refractivity contribution in [3.05, 3.63) is 63.1 Å². The van der Waals surface area contributed by atoms with E-state index in [-0.39, 0.29) is 39.8 Å². The predicted octanol–water partition coefficient (Wildman–Crippen LogP) is 4.84. The number of benzene rings is 2. The van der Waals surface area contributed by atoms with Crippen LogP contribution in [0.3, 0.4) is 0 Å². The highest BCUT2D eigenvalue weighted by Crippen LogP contribution is 2.61. The van der Waals surface area contributed by atoms with Gasteiger partial charge in [0.1, 0.15) is 11.5 Å². The number of carboxylic acids is 1. The molecule has 5 rings (SSSR count). The van der Waals surface area contributed by atoms with Gasteiger partial charge >= 0.3 is 5.97 Å². The second kappa shape index (κ2) is 9.42. The van der Waals surface area contributed by atoms with E-state index in [9.17, 15) is 19.5 Å². The van der Waals surface area contributed by atoms with Crippen LogP contribution in [0.1, 0.15) is 43.9 Å². The van der Waals surface area contributed by atoms with Gasteiger partial charge in [-0.15, -0.1) is 0 Å². The highest BCUT2D eigenvalue weighted by molar-refractivity contribution is 6.38. The maximum atomic E-state index is 15.4. The molecule has 1 spiro atoms. The molecular formula is C28H29Cl2F2N3O4. The van der Waals surface area contributed by atoms with E-state index in [1.54, 1.807) is 0 Å². The number of nitrogens with one attached hydrogen (secondary N) is 2. The first-order valence-electron chi connectivity index (χ1n) is 12.7. The van der Waals surface area contributed by atoms with Crippen LogP contribution >= 0.6 is 23.2 Å². The Morgan fingerprint density at radius 2 is 1.92 bits per heavy atom. The summed E-state index contributed by atoms with van der Waals surface area (Å²) in [6.07, 6.45) is -0.198. The summed E-state index contributed by atoms with van der Waals surface area (Å²) in [4.78, 5) is 41.1. The van der Waals surface area contributed by atoms with Gasteiger partial charge in [-0.05, 0) is 35.1 Å². The summed E-state index contributed by atoms with van der Waals surface area (Å²) >= 11 is 12.5. The van der Waals surface area contributed by atoms with Crippen molar-refractivity contribution in [3.8, 4) is 0 Å². The van der Waals surface area contributed by atoms with Gasteiger partial charge in [0.15, 0.2) is 0 Å². The minimum Gasteiger partial charge on any atom is -0.481 e. The summed E-state index contributed by atoms with van der Waals surface area (Å²) < 4.78 is 30.8. The standard InChI is InChI=1S/C28H29Cl2F2N3O4/c1-26(2,3)15-6-4-5-14(11-15)7-9-33-23(36)19-20(24(37)38)28(35-10-8-27(31,32)22(19)35)17-12-16(29)13-18(30)21(17)34-25(28)39/h4-6,11-13,19-20,22H,7-10H2,1-3H3,(H,33,36)(H,34,39)(H,37,38). The number of alkyl halides is 2. The van der Waals surface area contributed by atoms with E-state index >= 15 is 8.78 Å². The number of hydrogen-bond donors (Lipinski definition) is 3. The Morgan fingerprint density at radius 3 is 2.59 bits per heavy atom. The van der Waals surface area contributed by atoms with Gasteiger partial charge in [0.25, 0.3) is 11.8 Å². The number of halogens is 4. The first kappa shape index (κ1) is 27.8. The molecule has 39 heavy (non-hydrogen) atoms. The summed E-state index contributed by atoms with van der Waals surface area (Å²) in [6, 6.07) is 8.81. The van der Waals surface area contributed by atoms with E-state index in [0.29, 0.717) is 6.42 Å². The number of anilines is 1. The van der Waals surface area contributed by atoms with Gasteiger partial charge in [0.2, 0.25) is 5.91 Å². The lowest BCUT2D eigenvalue weighted by Gasteiger charge is -2.35. The second-order valence-corrected chi connectivity index (χ2v) is 12.4. The minimum absolute atomic E-state index is 0.0553. The summed E-state index contributed by atoms with van der Waals surface area (Å²) in [5.41, 5.74) is 0.123. The van der Waals surface area contributed by atoms with E-state index in [1.807, 2.05) is 24.3 Å². The third kappa shape index (κ3) is 4.30. The van der Waals surface area contributed by atoms with Crippen molar-refractivity contribution in [2.75, 3.05) is 18.4 Å². The van der Waals surface area contributed by atoms with E-state index in [4.69, 9.17) is 23.2 Å². The van der Waals surface area contributed by atoms with E-state index in [0.717, 1.165) is 11.1 Å². The fourth-order valence-electron chi connectivity index (χ4n) is 6.45. The Balaban J connectivity index is 1.50. The predicted molar refractivity (Wildman–Crippen MR) is 143 cm³/mol. The zero-order valence-corrected chi connectivity index (χ0v) is 23.2. The lowest BCUT2D eigenvalue weighted by molar-refractivity contribution is -0.153. The highest BCUT2D eigenvalue weighted by atomic mass is 35.5. The molecule has 0 aliphatic carbocycles. The Bertz CT molecular complexity index is 1380. The molecule has 2 fully saturated rings. The first-order chi connectivity index (χ1) is 18.2. The van der Waals surface area contributed by atoms with E-state index in [2.05, 4.69) is 31.4 Å². The average Bonchev–Trinajstić information content (AvgIpc) is 3.43. The van der Waals surface area contributed by atoms with Gasteiger partial charge in [-0.2, -0.15) is 0 Å². The molecule has 3 heterocycles. The van der Waals surface area contributed by atoms with Crippen LogP contribution in [-0.2, 0) is 31.8 Å². The molecule has 11 heteroatoms. The SMILES string of the molecule is CC(C)(C)c1cccc(CCNC(=O)C2C3N(CCC3(F)F)C3(C(=O)Nc4c(Cl)cc(Cl)cc43)C2C(=O)O)c1. The lowest BCUT2D eigenvalue weighted by atomic mass is 9.73. The number of aliphatic carboxylic acids is 1. The summed E-state index contributed by atoms with van der Waals surface area (Å²) in [6.45, 7) is 6.09. The quantitative estimate of drug-likeness (QED) is 0.471. The van der Waals surface area contributed by atoms with Crippen molar-refractivity contribution in [1.29, 1.82) is 0 Å². The van der Waals surface area contributed by atoms with Crippen molar-refractivity contribution in [1.82, 2.24) is 10.2 Å². The molecule has 4 unspecified atom stereocenters. The fourth-order valence-corrected chi connectivity index (χ4v) is 6.99. The van der Waals surface area contributed by atoms with Crippen molar-refractivity contribution in [2.45, 2.75) is 56.5 Å². The Kier molecular flexibility index (Phi) is 6.72. The van der Waals surface area contributed by atoms with Crippen LogP contribution < -0.4 is 10.6 Å². The third-order valence-corrected chi connectivity index (χ3v) is 8.70. The number of carboxylic acid groups (broad SMARTS) is 1. The van der Waals surface area contributed by atoms with E-state index in [1.165, 1.54) is 17.0 Å². The lowest BCUT2D eigenvalue weighted by Crippen LogP contribution is -2.53. The first-order valence-corrected chi connectivity index (χ1v) is 13.5. The number of rotatable bonds is 5. The molecule has 0 aromatic heterocycles. The molecule has 2 amide bonds. The molecule has 3 N–H and O–H groups in total. The average molecular weight is 580 g/mol. The fraction of sp³-hybridized carbons (Fsp3) is 0.464. The van der Waals surface area contributed by atoms with Gasteiger partial charge in [0.05, 0.1) is 22.7 Å². The van der Waals surface area contributed by atoms with E-state index < -0.39 is 53.5 Å². The van der Waals surface area contributed by atoms with Crippen molar-refractivity contribution in [2.24, 2.45) is 11.8 Å². The molecular weight excluding hydrogens is 551 g/mol. The molecule has 3 aliphatic rings. The van der Waals surface area contributed by atoms with Gasteiger partial charge in [-0.3, -0.25) is 19.3 Å². The van der Waals surface area contributed by atoms with Crippen LogP contribution in [-0.4, -0.2) is 52.8 Å². The monoisotopic (exact) mass is 579 g/mol. The topological polar surface area (TPSA) is 98.7 Å². The number of hydrogen-bond acceptors (Lipinski definition) is 4. The van der Waals surface area contributed by atoms with Gasteiger partial charge in [0, 0.05) is 30.1 Å². The Morgan fingerprint density at radius 1 is 1.21 bits per heavy atom. The van der Waals surface area contributed by atoms with Crippen LogP contribution in [0.25, 0.3) is 0 Å². The minimum atomic E-state index is -3.40. The number of nitrogens with zero attached hydrogens (tertiary/aromatic N) is 1. The van der Waals surface area contributed by atoms with Gasteiger partial charge in [-0.25, -0.2) is 8.78 Å². The third-order valence-electron chi connectivity index (χ3n) is 8.18. The van der Waals surface area contributed by atoms with Crippen LogP contribution in [0, 0.1) is 11.8 Å². The molecule has 0 saturated carbocycles. The van der Waals surface area contributed by atoms with Crippen LogP contribution in [0.2, 0.25) is 10.0 Å². The van der Waals surface area contributed by atoms with Crippen molar-refractivity contribution < 1.29 is 28.3 Å². The second-order valence-electron chi connectivity index (χ2n) is 11.5. The maximum Gasteiger partial charge on any atom is 0.310 e. The zero-order valence-electron chi connectivity index (χ0n) is 21.7. The summed E-state index contributed by atoms with van der Waals surface area (Å²) in [5.74, 6) is -10.1. The zero-order chi connectivity index (χ0) is 28.5. The summed E-state index contributed by atoms with van der Waals surface area (Å²) in [5, 5.41) is 15.8. The molecule has 7 nitrogen and oxygen atoms in total. The summed E-state index contributed by atoms with van der Waals surface area (Å²) in [7, 11) is 0. The number of carbonyl (C=O) groups excluding carboxylic acids is 2.